The average Bonchev–Trinajstić information content (AvgIpc) is 2.65. The van der Waals surface area contributed by atoms with Gasteiger partial charge in [-0.2, -0.15) is 0 Å². The van der Waals surface area contributed by atoms with Crippen LogP contribution in [-0.4, -0.2) is 21.8 Å². The Labute approximate surface area is 83.5 Å². The predicted octanol–water partition coefficient (Wildman–Crippen LogP) is 1.88. The zero-order valence-electron chi connectivity index (χ0n) is 8.16. The number of rotatable bonds is 5. The molecule has 74 valence electrons. The number of thioether (sulfide) groups is 1. The Hall–Kier alpha value is -0.480. The van der Waals surface area contributed by atoms with Crippen LogP contribution >= 0.6 is 11.8 Å². The van der Waals surface area contributed by atoms with Crippen LogP contribution in [0.5, 0.6) is 0 Å². The van der Waals surface area contributed by atoms with Crippen molar-refractivity contribution in [3.8, 4) is 0 Å². The molecule has 3 nitrogen and oxygen atoms in total. The Kier molecular flexibility index (Phi) is 4.32. The molecule has 0 amide bonds. The van der Waals surface area contributed by atoms with Gasteiger partial charge in [0.05, 0.1) is 0 Å². The van der Waals surface area contributed by atoms with Gasteiger partial charge < -0.3 is 10.7 Å². The lowest BCUT2D eigenvalue weighted by Gasteiger charge is -2.16. The van der Waals surface area contributed by atoms with Crippen LogP contribution in [0.1, 0.15) is 20.3 Å². The van der Waals surface area contributed by atoms with Gasteiger partial charge >= 0.3 is 0 Å². The molecule has 1 heterocycles. The van der Waals surface area contributed by atoms with Gasteiger partial charge in [0.25, 0.3) is 0 Å². The van der Waals surface area contributed by atoms with Gasteiger partial charge in [0.15, 0.2) is 5.16 Å². The standard InChI is InChI=1S/C9H17N3S/c1-3-7(2)8(10)6-13-9-11-4-5-12-9/h4-5,7-8H,3,6,10H2,1-2H3,(H,11,12). The topological polar surface area (TPSA) is 54.7 Å². The molecule has 4 heteroatoms. The Morgan fingerprint density at radius 2 is 2.46 bits per heavy atom. The zero-order valence-corrected chi connectivity index (χ0v) is 8.97. The summed E-state index contributed by atoms with van der Waals surface area (Å²) in [5.41, 5.74) is 5.98. The van der Waals surface area contributed by atoms with Crippen molar-refractivity contribution < 1.29 is 0 Å². The maximum Gasteiger partial charge on any atom is 0.165 e. The maximum absolute atomic E-state index is 5.98. The van der Waals surface area contributed by atoms with E-state index in [-0.39, 0.29) is 6.04 Å². The number of H-pyrrole nitrogens is 1. The summed E-state index contributed by atoms with van der Waals surface area (Å²) in [5.74, 6) is 1.52. The van der Waals surface area contributed by atoms with E-state index in [1.807, 2.05) is 6.20 Å². The fourth-order valence-corrected chi connectivity index (χ4v) is 1.94. The number of hydrogen-bond donors (Lipinski definition) is 2. The van der Waals surface area contributed by atoms with Gasteiger partial charge in [0, 0.05) is 24.2 Å². The second kappa shape index (κ2) is 5.29. The summed E-state index contributed by atoms with van der Waals surface area (Å²) in [6.07, 6.45) is 4.73. The number of nitrogens with two attached hydrogens (primary N) is 1. The molecule has 0 bridgehead atoms. The molecule has 0 aliphatic rings. The van der Waals surface area contributed by atoms with E-state index in [1.165, 1.54) is 0 Å². The highest BCUT2D eigenvalue weighted by Gasteiger charge is 2.11. The van der Waals surface area contributed by atoms with Gasteiger partial charge in [-0.3, -0.25) is 0 Å². The van der Waals surface area contributed by atoms with Gasteiger partial charge in [-0.15, -0.1) is 0 Å². The Morgan fingerprint density at radius 1 is 1.69 bits per heavy atom. The molecular formula is C9H17N3S. The fraction of sp³-hybridized carbons (Fsp3) is 0.667. The Balaban J connectivity index is 2.26. The first-order chi connectivity index (χ1) is 6.24. The first-order valence-corrected chi connectivity index (χ1v) is 5.60. The number of aromatic amines is 1. The third-order valence-corrected chi connectivity index (χ3v) is 3.31. The van der Waals surface area contributed by atoms with Crippen LogP contribution in [-0.2, 0) is 0 Å². The van der Waals surface area contributed by atoms with Crippen LogP contribution in [0.3, 0.4) is 0 Å². The van der Waals surface area contributed by atoms with Crippen molar-refractivity contribution >= 4 is 11.8 Å². The largest absolute Gasteiger partial charge is 0.340 e. The highest BCUT2D eigenvalue weighted by Crippen LogP contribution is 2.16. The summed E-state index contributed by atoms with van der Waals surface area (Å²) in [4.78, 5) is 7.17. The van der Waals surface area contributed by atoms with Crippen molar-refractivity contribution in [3.05, 3.63) is 12.4 Å². The number of hydrogen-bond acceptors (Lipinski definition) is 3. The lowest BCUT2D eigenvalue weighted by molar-refractivity contribution is 0.475. The molecule has 0 spiro atoms. The first-order valence-electron chi connectivity index (χ1n) is 4.61. The van der Waals surface area contributed by atoms with Crippen molar-refractivity contribution in [1.29, 1.82) is 0 Å². The molecule has 0 fully saturated rings. The van der Waals surface area contributed by atoms with Gasteiger partial charge in [0.2, 0.25) is 0 Å². The first kappa shape index (κ1) is 10.6. The predicted molar refractivity (Wildman–Crippen MR) is 56.7 cm³/mol. The van der Waals surface area contributed by atoms with Gasteiger partial charge in [-0.05, 0) is 5.92 Å². The minimum Gasteiger partial charge on any atom is -0.340 e. The SMILES string of the molecule is CCC(C)C(N)CSc1ncc[nH]1. The summed E-state index contributed by atoms with van der Waals surface area (Å²) in [7, 11) is 0. The van der Waals surface area contributed by atoms with Gasteiger partial charge in [-0.1, -0.05) is 32.0 Å². The summed E-state index contributed by atoms with van der Waals surface area (Å²) >= 11 is 1.69. The van der Waals surface area contributed by atoms with E-state index in [0.717, 1.165) is 17.3 Å². The molecule has 0 aliphatic heterocycles. The quantitative estimate of drug-likeness (QED) is 0.712. The van der Waals surface area contributed by atoms with Crippen LogP contribution in [0.2, 0.25) is 0 Å². The number of imidazole rings is 1. The molecule has 0 aromatic carbocycles. The van der Waals surface area contributed by atoms with Crippen molar-refractivity contribution in [2.24, 2.45) is 11.7 Å². The molecule has 3 N–H and O–H groups in total. The highest BCUT2D eigenvalue weighted by molar-refractivity contribution is 7.99. The second-order valence-corrected chi connectivity index (χ2v) is 4.26. The lowest BCUT2D eigenvalue weighted by Crippen LogP contribution is -2.30. The smallest absolute Gasteiger partial charge is 0.165 e. The van der Waals surface area contributed by atoms with Crippen molar-refractivity contribution in [2.75, 3.05) is 5.75 Å². The van der Waals surface area contributed by atoms with Crippen molar-refractivity contribution in [2.45, 2.75) is 31.5 Å². The molecule has 0 aliphatic carbocycles. The van der Waals surface area contributed by atoms with Crippen LogP contribution in [0.4, 0.5) is 0 Å². The number of aromatic nitrogens is 2. The molecule has 2 atom stereocenters. The highest BCUT2D eigenvalue weighted by atomic mass is 32.2. The minimum atomic E-state index is 0.264. The summed E-state index contributed by atoms with van der Waals surface area (Å²) in [5, 5.41) is 0.957. The van der Waals surface area contributed by atoms with E-state index < -0.39 is 0 Å². The normalized spacial score (nSPS) is 15.6. The molecule has 1 rings (SSSR count). The van der Waals surface area contributed by atoms with Gasteiger partial charge in [0.1, 0.15) is 0 Å². The monoisotopic (exact) mass is 199 g/mol. The fourth-order valence-electron chi connectivity index (χ4n) is 0.972. The lowest BCUT2D eigenvalue weighted by atomic mass is 10.0. The van der Waals surface area contributed by atoms with E-state index >= 15 is 0 Å². The third kappa shape index (κ3) is 3.40. The van der Waals surface area contributed by atoms with E-state index in [1.54, 1.807) is 18.0 Å². The Morgan fingerprint density at radius 3 is 3.00 bits per heavy atom. The zero-order chi connectivity index (χ0) is 9.68. The van der Waals surface area contributed by atoms with E-state index in [2.05, 4.69) is 23.8 Å². The van der Waals surface area contributed by atoms with Gasteiger partial charge in [-0.25, -0.2) is 4.98 Å². The van der Waals surface area contributed by atoms with E-state index in [0.29, 0.717) is 5.92 Å². The molecule has 1 aromatic rings. The summed E-state index contributed by atoms with van der Waals surface area (Å²) in [6, 6.07) is 0.264. The number of nitrogens with zero attached hydrogens (tertiary/aromatic N) is 1. The Bertz CT molecular complexity index is 223. The summed E-state index contributed by atoms with van der Waals surface area (Å²) in [6.45, 7) is 4.36. The summed E-state index contributed by atoms with van der Waals surface area (Å²) < 4.78 is 0. The molecule has 2 unspecified atom stereocenters. The second-order valence-electron chi connectivity index (χ2n) is 3.25. The third-order valence-electron chi connectivity index (χ3n) is 2.26. The van der Waals surface area contributed by atoms with Crippen LogP contribution in [0.25, 0.3) is 0 Å². The van der Waals surface area contributed by atoms with E-state index in [4.69, 9.17) is 5.73 Å². The molecule has 0 saturated carbocycles. The average molecular weight is 199 g/mol. The van der Waals surface area contributed by atoms with Crippen molar-refractivity contribution in [3.63, 3.8) is 0 Å². The molecule has 13 heavy (non-hydrogen) atoms. The van der Waals surface area contributed by atoms with Crippen molar-refractivity contribution in [1.82, 2.24) is 9.97 Å². The molecule has 0 radical (unpaired) electrons. The van der Waals surface area contributed by atoms with Crippen LogP contribution in [0.15, 0.2) is 17.6 Å². The van der Waals surface area contributed by atoms with Crippen LogP contribution in [0, 0.1) is 5.92 Å². The minimum absolute atomic E-state index is 0.264. The van der Waals surface area contributed by atoms with E-state index in [9.17, 15) is 0 Å². The maximum atomic E-state index is 5.98. The van der Waals surface area contributed by atoms with Crippen LogP contribution < -0.4 is 5.73 Å². The number of nitrogens with one attached hydrogen (secondary N) is 1. The molecular weight excluding hydrogens is 182 g/mol. The molecule has 1 aromatic heterocycles. The molecule has 0 saturated heterocycles.